The van der Waals surface area contributed by atoms with Crippen molar-refractivity contribution in [3.63, 3.8) is 0 Å². The summed E-state index contributed by atoms with van der Waals surface area (Å²) in [7, 11) is 0. The molecule has 1 N–H and O–H groups in total. The lowest BCUT2D eigenvalue weighted by Crippen LogP contribution is -2.37. The molecule has 1 nitrogen and oxygen atoms in total. The first-order chi connectivity index (χ1) is 10.3. The van der Waals surface area contributed by atoms with Crippen LogP contribution >= 0.6 is 22.7 Å². The van der Waals surface area contributed by atoms with E-state index in [0.717, 1.165) is 12.3 Å². The third-order valence-corrected chi connectivity index (χ3v) is 6.58. The van der Waals surface area contributed by atoms with E-state index in [0.29, 0.717) is 12.1 Å². The average molecular weight is 320 g/mol. The molecular formula is C18H25NS2. The van der Waals surface area contributed by atoms with Crippen LogP contribution < -0.4 is 5.32 Å². The van der Waals surface area contributed by atoms with Crippen LogP contribution in [0.5, 0.6) is 0 Å². The van der Waals surface area contributed by atoms with Crippen molar-refractivity contribution in [2.45, 2.75) is 57.5 Å². The van der Waals surface area contributed by atoms with E-state index in [1.807, 2.05) is 22.7 Å². The van der Waals surface area contributed by atoms with Crippen molar-refractivity contribution in [1.82, 2.24) is 5.32 Å². The topological polar surface area (TPSA) is 12.0 Å². The summed E-state index contributed by atoms with van der Waals surface area (Å²) in [6.07, 6.45) is 8.22. The maximum atomic E-state index is 3.94. The fraction of sp³-hybridized carbons (Fsp3) is 0.556. The number of rotatable bonds is 6. The van der Waals surface area contributed by atoms with E-state index in [9.17, 15) is 0 Å². The van der Waals surface area contributed by atoms with Gasteiger partial charge in [0.05, 0.1) is 0 Å². The van der Waals surface area contributed by atoms with Gasteiger partial charge < -0.3 is 5.32 Å². The maximum Gasteiger partial charge on any atom is 0.0465 e. The summed E-state index contributed by atoms with van der Waals surface area (Å²) >= 11 is 3.76. The van der Waals surface area contributed by atoms with E-state index in [1.165, 1.54) is 41.9 Å². The van der Waals surface area contributed by atoms with Crippen LogP contribution in [0.3, 0.4) is 0 Å². The van der Waals surface area contributed by atoms with Crippen LogP contribution in [-0.2, 0) is 6.42 Å². The first-order valence-corrected chi connectivity index (χ1v) is 9.90. The average Bonchev–Trinajstić information content (AvgIpc) is 3.21. The summed E-state index contributed by atoms with van der Waals surface area (Å²) < 4.78 is 0. The van der Waals surface area contributed by atoms with Crippen molar-refractivity contribution in [2.75, 3.05) is 0 Å². The Hall–Kier alpha value is -0.640. The van der Waals surface area contributed by atoms with Gasteiger partial charge in [0.25, 0.3) is 0 Å². The molecule has 3 rings (SSSR count). The van der Waals surface area contributed by atoms with Crippen LogP contribution in [0.2, 0.25) is 0 Å². The highest BCUT2D eigenvalue weighted by molar-refractivity contribution is 7.10. The van der Waals surface area contributed by atoms with E-state index >= 15 is 0 Å². The Balaban J connectivity index is 1.66. The first-order valence-electron chi connectivity index (χ1n) is 8.15. The van der Waals surface area contributed by atoms with Gasteiger partial charge in [0.15, 0.2) is 0 Å². The van der Waals surface area contributed by atoms with Crippen LogP contribution in [-0.4, -0.2) is 6.04 Å². The largest absolute Gasteiger partial charge is 0.306 e. The zero-order chi connectivity index (χ0) is 14.5. The Bertz CT molecular complexity index is 497. The van der Waals surface area contributed by atoms with E-state index in [2.05, 4.69) is 47.3 Å². The third-order valence-electron chi connectivity index (χ3n) is 4.69. The fourth-order valence-corrected chi connectivity index (χ4v) is 4.99. The molecule has 1 aliphatic carbocycles. The molecule has 21 heavy (non-hydrogen) atoms. The van der Waals surface area contributed by atoms with Gasteiger partial charge in [-0.15, -0.1) is 22.7 Å². The fourth-order valence-electron chi connectivity index (χ4n) is 3.45. The number of nitrogens with one attached hydrogen (secondary N) is 1. The van der Waals surface area contributed by atoms with Gasteiger partial charge >= 0.3 is 0 Å². The third kappa shape index (κ3) is 4.18. The first kappa shape index (κ1) is 15.3. The summed E-state index contributed by atoms with van der Waals surface area (Å²) in [5.41, 5.74) is 0. The summed E-state index contributed by atoms with van der Waals surface area (Å²) in [6.45, 7) is 2.39. The Morgan fingerprint density at radius 1 is 1.10 bits per heavy atom. The molecule has 2 aromatic rings. The second kappa shape index (κ2) is 7.57. The van der Waals surface area contributed by atoms with Crippen molar-refractivity contribution < 1.29 is 0 Å². The van der Waals surface area contributed by atoms with E-state index in [1.54, 1.807) is 0 Å². The van der Waals surface area contributed by atoms with Crippen LogP contribution in [0, 0.1) is 5.92 Å². The molecule has 1 aliphatic rings. The lowest BCUT2D eigenvalue weighted by molar-refractivity contribution is 0.265. The van der Waals surface area contributed by atoms with Crippen LogP contribution in [0.15, 0.2) is 35.0 Å². The standard InChI is InChI=1S/C18H25NS2/c1-14(15-7-3-2-4-8-15)19-17(18-10-6-12-21-18)13-16-9-5-11-20-16/h5-6,9-12,14-15,17,19H,2-4,7-8,13H2,1H3/t14-,17?/m1/s1. The number of hydrogen-bond acceptors (Lipinski definition) is 3. The van der Waals surface area contributed by atoms with Gasteiger partial charge in [0, 0.05) is 28.3 Å². The minimum atomic E-state index is 0.473. The molecule has 0 bridgehead atoms. The van der Waals surface area contributed by atoms with Gasteiger partial charge in [-0.05, 0) is 48.6 Å². The molecule has 1 saturated carbocycles. The maximum absolute atomic E-state index is 3.94. The second-order valence-corrected chi connectivity index (χ2v) is 8.22. The summed E-state index contributed by atoms with van der Waals surface area (Å²) in [5, 5.41) is 8.33. The molecule has 0 radical (unpaired) electrons. The minimum Gasteiger partial charge on any atom is -0.306 e. The van der Waals surface area contributed by atoms with Gasteiger partial charge in [-0.25, -0.2) is 0 Å². The van der Waals surface area contributed by atoms with E-state index < -0.39 is 0 Å². The molecular weight excluding hydrogens is 294 g/mol. The van der Waals surface area contributed by atoms with Crippen molar-refractivity contribution in [3.8, 4) is 0 Å². The molecule has 1 unspecified atom stereocenters. The van der Waals surface area contributed by atoms with Crippen molar-refractivity contribution in [2.24, 2.45) is 5.92 Å². The highest BCUT2D eigenvalue weighted by Crippen LogP contribution is 2.30. The van der Waals surface area contributed by atoms with Crippen LogP contribution in [0.4, 0.5) is 0 Å². The highest BCUT2D eigenvalue weighted by atomic mass is 32.1. The van der Waals surface area contributed by atoms with Crippen LogP contribution in [0.1, 0.15) is 54.8 Å². The zero-order valence-corrected chi connectivity index (χ0v) is 14.4. The predicted molar refractivity (Wildman–Crippen MR) is 94.3 cm³/mol. The highest BCUT2D eigenvalue weighted by Gasteiger charge is 2.23. The van der Waals surface area contributed by atoms with Crippen molar-refractivity contribution in [3.05, 3.63) is 44.8 Å². The minimum absolute atomic E-state index is 0.473. The van der Waals surface area contributed by atoms with Crippen molar-refractivity contribution >= 4 is 22.7 Å². The molecule has 0 aliphatic heterocycles. The molecule has 3 heteroatoms. The Labute approximate surface area is 136 Å². The van der Waals surface area contributed by atoms with E-state index in [-0.39, 0.29) is 0 Å². The Morgan fingerprint density at radius 2 is 1.86 bits per heavy atom. The number of thiophene rings is 2. The lowest BCUT2D eigenvalue weighted by atomic mass is 9.84. The molecule has 2 atom stereocenters. The monoisotopic (exact) mass is 319 g/mol. The summed E-state index contributed by atoms with van der Waals surface area (Å²) in [6, 6.07) is 9.98. The van der Waals surface area contributed by atoms with Gasteiger partial charge in [0.1, 0.15) is 0 Å². The molecule has 2 aromatic heterocycles. The van der Waals surface area contributed by atoms with Crippen LogP contribution in [0.25, 0.3) is 0 Å². The van der Waals surface area contributed by atoms with Gasteiger partial charge in [-0.1, -0.05) is 31.4 Å². The molecule has 0 spiro atoms. The molecule has 2 heterocycles. The van der Waals surface area contributed by atoms with E-state index in [4.69, 9.17) is 0 Å². The zero-order valence-electron chi connectivity index (χ0n) is 12.8. The second-order valence-electron chi connectivity index (χ2n) is 6.20. The Morgan fingerprint density at radius 3 is 2.52 bits per heavy atom. The molecule has 0 aromatic carbocycles. The summed E-state index contributed by atoms with van der Waals surface area (Å²) in [5.74, 6) is 0.865. The lowest BCUT2D eigenvalue weighted by Gasteiger charge is -2.31. The van der Waals surface area contributed by atoms with Crippen molar-refractivity contribution in [1.29, 1.82) is 0 Å². The van der Waals surface area contributed by atoms with Gasteiger partial charge in [-0.3, -0.25) is 0 Å². The SMILES string of the molecule is C[C@@H](NC(Cc1cccs1)c1cccs1)C1CCCCC1. The smallest absolute Gasteiger partial charge is 0.0465 e. The van der Waals surface area contributed by atoms with Gasteiger partial charge in [-0.2, -0.15) is 0 Å². The normalized spacial score (nSPS) is 19.5. The molecule has 114 valence electrons. The predicted octanol–water partition coefficient (Wildman–Crippen LogP) is 5.65. The molecule has 1 fully saturated rings. The summed E-state index contributed by atoms with van der Waals surface area (Å²) in [4.78, 5) is 2.96. The Kier molecular flexibility index (Phi) is 5.50. The van der Waals surface area contributed by atoms with Gasteiger partial charge in [0.2, 0.25) is 0 Å². The molecule has 0 saturated heterocycles. The number of hydrogen-bond donors (Lipinski definition) is 1. The molecule has 0 amide bonds. The quantitative estimate of drug-likeness (QED) is 0.725.